The first-order valence-corrected chi connectivity index (χ1v) is 10.1. The average molecular weight is 396 g/mol. The second kappa shape index (κ2) is 10.8. The third-order valence-electron chi connectivity index (χ3n) is 4.82. The molecular formula is C24H33N3O2. The summed E-state index contributed by atoms with van der Waals surface area (Å²) in [6, 6.07) is 15.9. The van der Waals surface area contributed by atoms with E-state index in [0.29, 0.717) is 5.92 Å². The highest BCUT2D eigenvalue weighted by molar-refractivity contribution is 5.94. The van der Waals surface area contributed by atoms with Gasteiger partial charge in [-0.2, -0.15) is 0 Å². The van der Waals surface area contributed by atoms with Gasteiger partial charge in [0.1, 0.15) is 0 Å². The minimum Gasteiger partial charge on any atom is -0.348 e. The number of carbonyl (C=O) groups excluding carboxylic acids is 2. The SMILES string of the molecule is Cc1cccc(C)c1NC(=O)CN(C)CC(=O)N[C@@H](CC(C)C)c1ccccc1. The van der Waals surface area contributed by atoms with Crippen molar-refractivity contribution in [2.75, 3.05) is 25.5 Å². The minimum absolute atomic E-state index is 0.0273. The molecule has 0 saturated heterocycles. The van der Waals surface area contributed by atoms with Crippen molar-refractivity contribution in [2.24, 2.45) is 5.92 Å². The van der Waals surface area contributed by atoms with Crippen molar-refractivity contribution in [2.45, 2.75) is 40.2 Å². The molecule has 0 saturated carbocycles. The number of para-hydroxylation sites is 1. The Morgan fingerprint density at radius 1 is 0.897 bits per heavy atom. The van der Waals surface area contributed by atoms with Gasteiger partial charge in [0.25, 0.3) is 0 Å². The topological polar surface area (TPSA) is 61.4 Å². The van der Waals surface area contributed by atoms with Crippen LogP contribution in [0.3, 0.4) is 0 Å². The Morgan fingerprint density at radius 3 is 2.07 bits per heavy atom. The van der Waals surface area contributed by atoms with Gasteiger partial charge in [0.15, 0.2) is 0 Å². The monoisotopic (exact) mass is 395 g/mol. The number of hydrogen-bond acceptors (Lipinski definition) is 3. The van der Waals surface area contributed by atoms with Crippen LogP contribution in [0, 0.1) is 19.8 Å². The zero-order valence-electron chi connectivity index (χ0n) is 18.2. The molecular weight excluding hydrogens is 362 g/mol. The zero-order chi connectivity index (χ0) is 21.4. The maximum Gasteiger partial charge on any atom is 0.238 e. The van der Waals surface area contributed by atoms with E-state index in [-0.39, 0.29) is 30.9 Å². The second-order valence-corrected chi connectivity index (χ2v) is 8.15. The largest absolute Gasteiger partial charge is 0.348 e. The lowest BCUT2D eigenvalue weighted by Crippen LogP contribution is -2.40. The highest BCUT2D eigenvalue weighted by Gasteiger charge is 2.18. The molecule has 29 heavy (non-hydrogen) atoms. The molecule has 0 aliphatic heterocycles. The summed E-state index contributed by atoms with van der Waals surface area (Å²) in [5.74, 6) is 0.253. The lowest BCUT2D eigenvalue weighted by atomic mass is 9.97. The third-order valence-corrected chi connectivity index (χ3v) is 4.82. The molecule has 0 heterocycles. The van der Waals surface area contributed by atoms with E-state index >= 15 is 0 Å². The molecule has 0 bridgehead atoms. The van der Waals surface area contributed by atoms with Crippen LogP contribution in [0.5, 0.6) is 0 Å². The number of amides is 2. The van der Waals surface area contributed by atoms with Crippen LogP contribution in [0.4, 0.5) is 5.69 Å². The Labute approximate surface area is 174 Å². The average Bonchev–Trinajstić information content (AvgIpc) is 2.64. The number of carbonyl (C=O) groups is 2. The first-order valence-electron chi connectivity index (χ1n) is 10.1. The number of nitrogens with zero attached hydrogens (tertiary/aromatic N) is 1. The Morgan fingerprint density at radius 2 is 1.48 bits per heavy atom. The summed E-state index contributed by atoms with van der Waals surface area (Å²) in [5.41, 5.74) is 4.00. The minimum atomic E-state index is -0.125. The van der Waals surface area contributed by atoms with E-state index in [2.05, 4.69) is 24.5 Å². The van der Waals surface area contributed by atoms with Gasteiger partial charge in [-0.15, -0.1) is 0 Å². The lowest BCUT2D eigenvalue weighted by Gasteiger charge is -2.23. The van der Waals surface area contributed by atoms with E-state index in [1.165, 1.54) is 0 Å². The number of rotatable bonds is 9. The van der Waals surface area contributed by atoms with Gasteiger partial charge in [-0.3, -0.25) is 14.5 Å². The van der Waals surface area contributed by atoms with E-state index in [1.54, 1.807) is 11.9 Å². The smallest absolute Gasteiger partial charge is 0.238 e. The number of benzene rings is 2. The number of anilines is 1. The fraction of sp³-hybridized carbons (Fsp3) is 0.417. The summed E-state index contributed by atoms with van der Waals surface area (Å²) in [6.07, 6.45) is 0.868. The molecule has 2 amide bonds. The number of likely N-dealkylation sites (N-methyl/N-ethyl adjacent to an activating group) is 1. The number of nitrogens with one attached hydrogen (secondary N) is 2. The van der Waals surface area contributed by atoms with E-state index < -0.39 is 0 Å². The van der Waals surface area contributed by atoms with Crippen LogP contribution in [0.2, 0.25) is 0 Å². The lowest BCUT2D eigenvalue weighted by molar-refractivity contribution is -0.123. The number of hydrogen-bond donors (Lipinski definition) is 2. The molecule has 5 nitrogen and oxygen atoms in total. The van der Waals surface area contributed by atoms with Gasteiger partial charge in [0, 0.05) is 5.69 Å². The highest BCUT2D eigenvalue weighted by Crippen LogP contribution is 2.21. The van der Waals surface area contributed by atoms with Crippen molar-refractivity contribution < 1.29 is 9.59 Å². The summed E-state index contributed by atoms with van der Waals surface area (Å²) in [6.45, 7) is 8.55. The van der Waals surface area contributed by atoms with Gasteiger partial charge in [-0.25, -0.2) is 0 Å². The van der Waals surface area contributed by atoms with E-state index in [4.69, 9.17) is 0 Å². The maximum atomic E-state index is 12.6. The molecule has 0 spiro atoms. The van der Waals surface area contributed by atoms with Crippen molar-refractivity contribution in [1.29, 1.82) is 0 Å². The molecule has 0 aromatic heterocycles. The molecule has 0 unspecified atom stereocenters. The first-order chi connectivity index (χ1) is 13.8. The standard InChI is InChI=1S/C24H33N3O2/c1-17(2)14-21(20-12-7-6-8-13-20)25-22(28)15-27(5)16-23(29)26-24-18(3)10-9-11-19(24)4/h6-13,17,21H,14-16H2,1-5H3,(H,25,28)(H,26,29)/t21-/m0/s1. The predicted octanol–water partition coefficient (Wildman–Crippen LogP) is 4.08. The molecule has 156 valence electrons. The van der Waals surface area contributed by atoms with E-state index in [0.717, 1.165) is 28.8 Å². The molecule has 5 heteroatoms. The second-order valence-electron chi connectivity index (χ2n) is 8.15. The van der Waals surface area contributed by atoms with Gasteiger partial charge >= 0.3 is 0 Å². The maximum absolute atomic E-state index is 12.6. The summed E-state index contributed by atoms with van der Waals surface area (Å²) in [5, 5.41) is 6.09. The van der Waals surface area contributed by atoms with E-state index in [1.807, 2.05) is 62.4 Å². The molecule has 0 radical (unpaired) electrons. The van der Waals surface area contributed by atoms with Crippen LogP contribution in [0.25, 0.3) is 0 Å². The Kier molecular flexibility index (Phi) is 8.40. The zero-order valence-corrected chi connectivity index (χ0v) is 18.2. The van der Waals surface area contributed by atoms with Crippen LogP contribution < -0.4 is 10.6 Å². The molecule has 0 aliphatic rings. The molecule has 0 fully saturated rings. The molecule has 2 N–H and O–H groups in total. The Hall–Kier alpha value is -2.66. The quantitative estimate of drug-likeness (QED) is 0.673. The van der Waals surface area contributed by atoms with Crippen molar-refractivity contribution in [3.63, 3.8) is 0 Å². The molecule has 2 aromatic rings. The van der Waals surface area contributed by atoms with Crippen LogP contribution in [0.1, 0.15) is 43.0 Å². The summed E-state index contributed by atoms with van der Waals surface area (Å²) in [7, 11) is 1.78. The van der Waals surface area contributed by atoms with Crippen LogP contribution in [0.15, 0.2) is 48.5 Å². The highest BCUT2D eigenvalue weighted by atomic mass is 16.2. The molecule has 2 aromatic carbocycles. The summed E-state index contributed by atoms with van der Waals surface area (Å²) >= 11 is 0. The molecule has 2 rings (SSSR count). The Balaban J connectivity index is 1.91. The fourth-order valence-electron chi connectivity index (χ4n) is 3.41. The summed E-state index contributed by atoms with van der Waals surface area (Å²) in [4.78, 5) is 26.7. The van der Waals surface area contributed by atoms with Crippen LogP contribution in [-0.2, 0) is 9.59 Å². The van der Waals surface area contributed by atoms with Crippen molar-refractivity contribution in [3.8, 4) is 0 Å². The Bertz CT molecular complexity index is 798. The first kappa shape index (κ1) is 22.6. The normalized spacial score (nSPS) is 12.1. The van der Waals surface area contributed by atoms with Gasteiger partial charge < -0.3 is 10.6 Å². The fourth-order valence-corrected chi connectivity index (χ4v) is 3.41. The van der Waals surface area contributed by atoms with Crippen molar-refractivity contribution in [3.05, 3.63) is 65.2 Å². The number of aryl methyl sites for hydroxylation is 2. The third kappa shape index (κ3) is 7.35. The van der Waals surface area contributed by atoms with Gasteiger partial charge in [0.2, 0.25) is 11.8 Å². The summed E-state index contributed by atoms with van der Waals surface area (Å²) < 4.78 is 0. The predicted molar refractivity (Wildman–Crippen MR) is 119 cm³/mol. The van der Waals surface area contributed by atoms with Gasteiger partial charge in [0.05, 0.1) is 19.1 Å². The molecule has 1 atom stereocenters. The van der Waals surface area contributed by atoms with Crippen molar-refractivity contribution >= 4 is 17.5 Å². The van der Waals surface area contributed by atoms with Gasteiger partial charge in [-0.05, 0) is 49.9 Å². The van der Waals surface area contributed by atoms with E-state index in [9.17, 15) is 9.59 Å². The van der Waals surface area contributed by atoms with Crippen LogP contribution >= 0.6 is 0 Å². The van der Waals surface area contributed by atoms with Gasteiger partial charge in [-0.1, -0.05) is 62.4 Å². The van der Waals surface area contributed by atoms with Crippen molar-refractivity contribution in [1.82, 2.24) is 10.2 Å². The molecule has 0 aliphatic carbocycles. The van der Waals surface area contributed by atoms with Crippen LogP contribution in [-0.4, -0.2) is 36.9 Å².